The number of rotatable bonds is 9. The van der Waals surface area contributed by atoms with Crippen LogP contribution in [0.4, 0.5) is 0 Å². The highest BCUT2D eigenvalue weighted by atomic mass is 32.2. The van der Waals surface area contributed by atoms with Crippen LogP contribution in [0.3, 0.4) is 0 Å². The summed E-state index contributed by atoms with van der Waals surface area (Å²) in [6, 6.07) is 7.84. The van der Waals surface area contributed by atoms with Gasteiger partial charge in [-0.15, -0.1) is 0 Å². The lowest BCUT2D eigenvalue weighted by Crippen LogP contribution is -2.39. The van der Waals surface area contributed by atoms with Gasteiger partial charge in [0.1, 0.15) is 16.4 Å². The Hall–Kier alpha value is -2.69. The molecule has 1 heterocycles. The summed E-state index contributed by atoms with van der Waals surface area (Å²) in [6.45, 7) is -0.525. The van der Waals surface area contributed by atoms with E-state index in [9.17, 15) is 18.3 Å². The second-order valence-corrected chi connectivity index (χ2v) is 7.92. The highest BCUT2D eigenvalue weighted by molar-refractivity contribution is 7.89. The van der Waals surface area contributed by atoms with Crippen LogP contribution in [-0.2, 0) is 14.8 Å². The third-order valence-corrected chi connectivity index (χ3v) is 5.78. The van der Waals surface area contributed by atoms with E-state index in [0.29, 0.717) is 17.1 Å². The van der Waals surface area contributed by atoms with E-state index in [0.717, 1.165) is 4.31 Å². The van der Waals surface area contributed by atoms with Crippen LogP contribution in [0, 0.1) is 0 Å². The van der Waals surface area contributed by atoms with Crippen molar-refractivity contribution in [3.05, 3.63) is 48.3 Å². The second-order valence-electron chi connectivity index (χ2n) is 5.88. The zero-order valence-electron chi connectivity index (χ0n) is 15.8. The van der Waals surface area contributed by atoms with Crippen LogP contribution in [0.15, 0.2) is 47.6 Å². The smallest absolute Gasteiger partial charge is 0.244 e. The molecule has 0 saturated carbocycles. The van der Waals surface area contributed by atoms with E-state index < -0.39 is 28.6 Å². The maximum atomic E-state index is 12.4. The molecule has 0 fully saturated rings. The lowest BCUT2D eigenvalue weighted by atomic mass is 10.1. The first-order valence-corrected chi connectivity index (χ1v) is 9.76. The second kappa shape index (κ2) is 9.49. The fourth-order valence-electron chi connectivity index (χ4n) is 2.44. The van der Waals surface area contributed by atoms with Crippen molar-refractivity contribution in [1.82, 2.24) is 14.6 Å². The first kappa shape index (κ1) is 21.6. The van der Waals surface area contributed by atoms with Gasteiger partial charge in [-0.2, -0.15) is 4.31 Å². The van der Waals surface area contributed by atoms with Crippen molar-refractivity contribution in [2.45, 2.75) is 11.0 Å². The first-order chi connectivity index (χ1) is 13.3. The number of hydrogen-bond acceptors (Lipinski definition) is 7. The quantitative estimate of drug-likeness (QED) is 0.622. The van der Waals surface area contributed by atoms with E-state index in [4.69, 9.17) is 9.47 Å². The van der Waals surface area contributed by atoms with Crippen molar-refractivity contribution in [2.75, 3.05) is 34.4 Å². The van der Waals surface area contributed by atoms with Crippen LogP contribution >= 0.6 is 0 Å². The lowest BCUT2D eigenvalue weighted by Gasteiger charge is -2.19. The standard InChI is InChI=1S/C18H23N3O6S/c1-21(28(24,25)14-5-4-8-19-10-14)12-18(23)20-11-16(22)15-9-13(26-2)6-7-17(15)27-3/h4-10,16,22H,11-12H2,1-3H3,(H,20,23). The van der Waals surface area contributed by atoms with Crippen molar-refractivity contribution in [3.63, 3.8) is 0 Å². The summed E-state index contributed by atoms with van der Waals surface area (Å²) in [6.07, 6.45) is 1.61. The van der Waals surface area contributed by atoms with Crippen molar-refractivity contribution >= 4 is 15.9 Å². The number of aliphatic hydroxyl groups excluding tert-OH is 1. The third-order valence-electron chi connectivity index (χ3n) is 4.00. The molecule has 152 valence electrons. The Bertz CT molecular complexity index is 905. The number of hydrogen-bond donors (Lipinski definition) is 2. The third kappa shape index (κ3) is 5.18. The van der Waals surface area contributed by atoms with Crippen molar-refractivity contribution in [2.24, 2.45) is 0 Å². The van der Waals surface area contributed by atoms with E-state index in [1.165, 1.54) is 45.8 Å². The maximum absolute atomic E-state index is 12.4. The number of sulfonamides is 1. The van der Waals surface area contributed by atoms with Gasteiger partial charge in [0, 0.05) is 31.5 Å². The molecular formula is C18H23N3O6S. The molecule has 2 rings (SSSR count). The Kier molecular flexibility index (Phi) is 7.32. The topological polar surface area (TPSA) is 118 Å². The van der Waals surface area contributed by atoms with Crippen LogP contribution in [0.2, 0.25) is 0 Å². The monoisotopic (exact) mass is 409 g/mol. The molecule has 0 saturated heterocycles. The average Bonchev–Trinajstić information content (AvgIpc) is 2.71. The molecule has 2 aromatic rings. The van der Waals surface area contributed by atoms with Crippen LogP contribution in [0.25, 0.3) is 0 Å². The summed E-state index contributed by atoms with van der Waals surface area (Å²) in [5.41, 5.74) is 0.443. The number of benzene rings is 1. The van der Waals surface area contributed by atoms with Gasteiger partial charge in [-0.25, -0.2) is 8.42 Å². The Labute approximate surface area is 164 Å². The molecule has 1 atom stereocenters. The first-order valence-electron chi connectivity index (χ1n) is 8.32. The van der Waals surface area contributed by atoms with Gasteiger partial charge in [-0.1, -0.05) is 0 Å². The minimum atomic E-state index is -3.83. The fourth-order valence-corrected chi connectivity index (χ4v) is 3.53. The maximum Gasteiger partial charge on any atom is 0.244 e. The number of nitrogens with one attached hydrogen (secondary N) is 1. The Balaban J connectivity index is 1.99. The van der Waals surface area contributed by atoms with Crippen molar-refractivity contribution in [1.29, 1.82) is 0 Å². The van der Waals surface area contributed by atoms with Gasteiger partial charge in [0.25, 0.3) is 0 Å². The molecule has 0 aliphatic carbocycles. The average molecular weight is 409 g/mol. The normalized spacial score (nSPS) is 12.5. The fraction of sp³-hybridized carbons (Fsp3) is 0.333. The molecule has 1 unspecified atom stereocenters. The number of methoxy groups -OCH3 is 2. The molecule has 9 nitrogen and oxygen atoms in total. The highest BCUT2D eigenvalue weighted by Crippen LogP contribution is 2.29. The minimum absolute atomic E-state index is 0.00792. The summed E-state index contributed by atoms with van der Waals surface area (Å²) in [5.74, 6) is 0.415. The number of aromatic nitrogens is 1. The molecular weight excluding hydrogens is 386 g/mol. The number of carbonyl (C=O) groups excluding carboxylic acids is 1. The molecule has 1 aromatic heterocycles. The van der Waals surface area contributed by atoms with Crippen molar-refractivity contribution < 1.29 is 27.8 Å². The van der Waals surface area contributed by atoms with Gasteiger partial charge in [-0.3, -0.25) is 9.78 Å². The Morgan fingerprint density at radius 3 is 2.64 bits per heavy atom. The number of likely N-dealkylation sites (N-methyl/N-ethyl adjacent to an activating group) is 1. The van der Waals surface area contributed by atoms with Gasteiger partial charge >= 0.3 is 0 Å². The summed E-state index contributed by atoms with van der Waals surface area (Å²) in [5, 5.41) is 12.9. The van der Waals surface area contributed by atoms with Gasteiger partial charge < -0.3 is 19.9 Å². The van der Waals surface area contributed by atoms with E-state index >= 15 is 0 Å². The van der Waals surface area contributed by atoms with E-state index in [1.54, 1.807) is 18.2 Å². The molecule has 0 aliphatic heterocycles. The number of aliphatic hydroxyl groups is 1. The van der Waals surface area contributed by atoms with Crippen LogP contribution < -0.4 is 14.8 Å². The zero-order chi connectivity index (χ0) is 20.7. The van der Waals surface area contributed by atoms with Crippen LogP contribution in [0.1, 0.15) is 11.7 Å². The van der Waals surface area contributed by atoms with Gasteiger partial charge in [0.05, 0.1) is 26.9 Å². The van der Waals surface area contributed by atoms with Crippen LogP contribution in [0.5, 0.6) is 11.5 Å². The van der Waals surface area contributed by atoms with Gasteiger partial charge in [0.15, 0.2) is 0 Å². The molecule has 1 aromatic carbocycles. The predicted octanol–water partition coefficient (Wildman–Crippen LogP) is 0.569. The number of pyridine rings is 1. The molecule has 10 heteroatoms. The highest BCUT2D eigenvalue weighted by Gasteiger charge is 2.23. The van der Waals surface area contributed by atoms with E-state index in [-0.39, 0.29) is 11.4 Å². The largest absolute Gasteiger partial charge is 0.497 e. The van der Waals surface area contributed by atoms with Crippen molar-refractivity contribution in [3.8, 4) is 11.5 Å². The Morgan fingerprint density at radius 1 is 1.29 bits per heavy atom. The number of nitrogens with zero attached hydrogens (tertiary/aromatic N) is 2. The van der Waals surface area contributed by atoms with Gasteiger partial charge in [0.2, 0.25) is 15.9 Å². The molecule has 0 bridgehead atoms. The molecule has 1 amide bonds. The lowest BCUT2D eigenvalue weighted by molar-refractivity contribution is -0.121. The summed E-state index contributed by atoms with van der Waals surface area (Å²) >= 11 is 0. The van der Waals surface area contributed by atoms with Crippen LogP contribution in [-0.4, -0.2) is 63.1 Å². The predicted molar refractivity (Wildman–Crippen MR) is 102 cm³/mol. The SMILES string of the molecule is COc1ccc(OC)c(C(O)CNC(=O)CN(C)S(=O)(=O)c2cccnc2)c1. The minimum Gasteiger partial charge on any atom is -0.497 e. The summed E-state index contributed by atoms with van der Waals surface area (Å²) in [4.78, 5) is 15.9. The number of amides is 1. The zero-order valence-corrected chi connectivity index (χ0v) is 16.6. The molecule has 0 spiro atoms. The summed E-state index contributed by atoms with van der Waals surface area (Å²) in [7, 11) is 0.427. The van der Waals surface area contributed by atoms with E-state index in [2.05, 4.69) is 10.3 Å². The number of carbonyl (C=O) groups is 1. The number of ether oxygens (including phenoxy) is 2. The van der Waals surface area contributed by atoms with E-state index in [1.807, 2.05) is 0 Å². The molecule has 28 heavy (non-hydrogen) atoms. The molecule has 0 aliphatic rings. The molecule has 2 N–H and O–H groups in total. The Morgan fingerprint density at radius 2 is 2.04 bits per heavy atom. The summed E-state index contributed by atoms with van der Waals surface area (Å²) < 4.78 is 36.1. The van der Waals surface area contributed by atoms with Gasteiger partial charge in [-0.05, 0) is 30.3 Å². The molecule has 0 radical (unpaired) electrons.